The molecule has 2 rings (SSSR count). The molecule has 25 heavy (non-hydrogen) atoms. The molecule has 0 aliphatic heterocycles. The van der Waals surface area contributed by atoms with E-state index in [1.54, 1.807) is 0 Å². The van der Waals surface area contributed by atoms with Gasteiger partial charge < -0.3 is 15.2 Å². The first-order valence-corrected chi connectivity index (χ1v) is 9.79. The molecule has 2 N–H and O–H groups in total. The molecule has 1 heterocycles. The van der Waals surface area contributed by atoms with Crippen molar-refractivity contribution < 1.29 is 4.52 Å². The Balaban J connectivity index is 1.65. The van der Waals surface area contributed by atoms with Gasteiger partial charge in [0.2, 0.25) is 5.89 Å². The summed E-state index contributed by atoms with van der Waals surface area (Å²) in [6, 6.07) is 0.547. The summed E-state index contributed by atoms with van der Waals surface area (Å²) in [5, 5.41) is 11.0. The quantitative estimate of drug-likeness (QED) is 0.448. The lowest BCUT2D eigenvalue weighted by atomic mass is 9.80. The van der Waals surface area contributed by atoms with E-state index in [2.05, 4.69) is 53.5 Å². The van der Waals surface area contributed by atoms with E-state index >= 15 is 0 Å². The molecule has 6 nitrogen and oxygen atoms in total. The van der Waals surface area contributed by atoms with Gasteiger partial charge in [-0.2, -0.15) is 4.98 Å². The summed E-state index contributed by atoms with van der Waals surface area (Å²) in [6.07, 6.45) is 6.86. The second kappa shape index (κ2) is 9.78. The molecule has 1 aromatic rings. The van der Waals surface area contributed by atoms with E-state index in [0.29, 0.717) is 12.0 Å². The van der Waals surface area contributed by atoms with E-state index in [-0.39, 0.29) is 0 Å². The summed E-state index contributed by atoms with van der Waals surface area (Å²) in [7, 11) is 1.84. The Morgan fingerprint density at radius 3 is 2.48 bits per heavy atom. The molecule has 0 bridgehead atoms. The minimum absolute atomic E-state index is 0.310. The number of hydrogen-bond donors (Lipinski definition) is 2. The number of nitrogens with one attached hydrogen (secondary N) is 2. The van der Waals surface area contributed by atoms with E-state index in [1.807, 2.05) is 7.05 Å². The Labute approximate surface area is 152 Å². The highest BCUT2D eigenvalue weighted by Crippen LogP contribution is 2.29. The maximum absolute atomic E-state index is 5.28. The highest BCUT2D eigenvalue weighted by molar-refractivity contribution is 5.79. The van der Waals surface area contributed by atoms with Gasteiger partial charge in [0.05, 0.1) is 0 Å². The number of aliphatic imine (C=N–C) groups is 1. The van der Waals surface area contributed by atoms with Gasteiger partial charge in [0.25, 0.3) is 0 Å². The monoisotopic (exact) mass is 349 g/mol. The van der Waals surface area contributed by atoms with Crippen LogP contribution in [0.1, 0.15) is 77.4 Å². The summed E-state index contributed by atoms with van der Waals surface area (Å²) in [5.74, 6) is 4.42. The maximum Gasteiger partial charge on any atom is 0.226 e. The Morgan fingerprint density at radius 1 is 1.20 bits per heavy atom. The average Bonchev–Trinajstić information content (AvgIpc) is 3.07. The first-order chi connectivity index (χ1) is 12.0. The van der Waals surface area contributed by atoms with Crippen LogP contribution in [0.4, 0.5) is 0 Å². The summed E-state index contributed by atoms with van der Waals surface area (Å²) >= 11 is 0. The molecule has 142 valence electrons. The summed E-state index contributed by atoms with van der Waals surface area (Å²) in [4.78, 5) is 8.76. The van der Waals surface area contributed by atoms with Crippen LogP contribution in [0.5, 0.6) is 0 Å². The van der Waals surface area contributed by atoms with Crippen LogP contribution in [-0.2, 0) is 6.42 Å². The van der Waals surface area contributed by atoms with Crippen LogP contribution in [0.25, 0.3) is 0 Å². The zero-order chi connectivity index (χ0) is 18.2. The minimum atomic E-state index is 0.310. The van der Waals surface area contributed by atoms with E-state index in [4.69, 9.17) is 4.52 Å². The van der Waals surface area contributed by atoms with Crippen molar-refractivity contribution in [3.8, 4) is 0 Å². The zero-order valence-corrected chi connectivity index (χ0v) is 16.5. The highest BCUT2D eigenvalue weighted by Gasteiger charge is 2.23. The lowest BCUT2D eigenvalue weighted by molar-refractivity contribution is 0.250. The van der Waals surface area contributed by atoms with Crippen molar-refractivity contribution in [2.24, 2.45) is 16.8 Å². The van der Waals surface area contributed by atoms with Gasteiger partial charge >= 0.3 is 0 Å². The van der Waals surface area contributed by atoms with Gasteiger partial charge in [-0.3, -0.25) is 4.99 Å². The van der Waals surface area contributed by atoms with E-state index in [0.717, 1.165) is 48.9 Å². The van der Waals surface area contributed by atoms with Crippen LogP contribution in [0, 0.1) is 11.8 Å². The third-order valence-corrected chi connectivity index (χ3v) is 5.14. The molecule has 1 saturated carbocycles. The largest absolute Gasteiger partial charge is 0.356 e. The number of guanidine groups is 1. The van der Waals surface area contributed by atoms with Crippen LogP contribution in [0.2, 0.25) is 0 Å². The van der Waals surface area contributed by atoms with Gasteiger partial charge in [0, 0.05) is 32.0 Å². The molecule has 0 saturated heterocycles. The van der Waals surface area contributed by atoms with Crippen molar-refractivity contribution in [2.45, 2.75) is 78.2 Å². The molecule has 0 unspecified atom stereocenters. The predicted molar refractivity (Wildman–Crippen MR) is 102 cm³/mol. The smallest absolute Gasteiger partial charge is 0.226 e. The fourth-order valence-corrected chi connectivity index (χ4v) is 3.37. The van der Waals surface area contributed by atoms with Crippen molar-refractivity contribution in [3.63, 3.8) is 0 Å². The fourth-order valence-electron chi connectivity index (χ4n) is 3.37. The average molecular weight is 350 g/mol. The van der Waals surface area contributed by atoms with E-state index < -0.39 is 0 Å². The van der Waals surface area contributed by atoms with Crippen LogP contribution in [0.3, 0.4) is 0 Å². The SMILES string of the molecule is CN=C(NCCCc1nc(C(C)C)no1)NC1CCC(C(C)C)CC1. The van der Waals surface area contributed by atoms with Gasteiger partial charge in [0.15, 0.2) is 11.8 Å². The number of nitrogens with zero attached hydrogens (tertiary/aromatic N) is 3. The number of rotatable bonds is 7. The summed E-state index contributed by atoms with van der Waals surface area (Å²) in [5.41, 5.74) is 0. The first-order valence-electron chi connectivity index (χ1n) is 9.79. The standard InChI is InChI=1S/C19H35N5O/c1-13(2)15-8-10-16(11-9-15)22-19(20-5)21-12-6-7-17-23-18(14(3)4)24-25-17/h13-16H,6-12H2,1-5H3,(H2,20,21,22). The second-order valence-electron chi connectivity index (χ2n) is 7.80. The van der Waals surface area contributed by atoms with Gasteiger partial charge in [-0.25, -0.2) is 0 Å². The molecule has 1 fully saturated rings. The zero-order valence-electron chi connectivity index (χ0n) is 16.5. The summed E-state index contributed by atoms with van der Waals surface area (Å²) < 4.78 is 5.28. The topological polar surface area (TPSA) is 75.3 Å². The highest BCUT2D eigenvalue weighted by atomic mass is 16.5. The maximum atomic E-state index is 5.28. The third-order valence-electron chi connectivity index (χ3n) is 5.14. The lowest BCUT2D eigenvalue weighted by Crippen LogP contribution is -2.45. The van der Waals surface area contributed by atoms with Crippen molar-refractivity contribution in [1.29, 1.82) is 0 Å². The number of aromatic nitrogens is 2. The van der Waals surface area contributed by atoms with E-state index in [9.17, 15) is 0 Å². The minimum Gasteiger partial charge on any atom is -0.356 e. The normalized spacial score (nSPS) is 21.8. The van der Waals surface area contributed by atoms with Gasteiger partial charge in [-0.05, 0) is 43.9 Å². The van der Waals surface area contributed by atoms with Gasteiger partial charge in [-0.1, -0.05) is 32.9 Å². The second-order valence-corrected chi connectivity index (χ2v) is 7.80. The number of aryl methyl sites for hydroxylation is 1. The van der Waals surface area contributed by atoms with Gasteiger partial charge in [-0.15, -0.1) is 0 Å². The lowest BCUT2D eigenvalue weighted by Gasteiger charge is -2.32. The molecular weight excluding hydrogens is 314 g/mol. The van der Waals surface area contributed by atoms with Crippen molar-refractivity contribution >= 4 is 5.96 Å². The molecule has 1 aliphatic carbocycles. The van der Waals surface area contributed by atoms with Crippen molar-refractivity contribution in [1.82, 2.24) is 20.8 Å². The molecular formula is C19H35N5O. The molecule has 0 atom stereocenters. The van der Waals surface area contributed by atoms with Crippen LogP contribution >= 0.6 is 0 Å². The molecule has 6 heteroatoms. The molecule has 0 spiro atoms. The first kappa shape index (κ1) is 19.7. The summed E-state index contributed by atoms with van der Waals surface area (Å²) in [6.45, 7) is 9.67. The Kier molecular flexibility index (Phi) is 7.72. The molecule has 0 amide bonds. The Bertz CT molecular complexity index is 530. The van der Waals surface area contributed by atoms with Crippen LogP contribution < -0.4 is 10.6 Å². The van der Waals surface area contributed by atoms with Crippen molar-refractivity contribution in [2.75, 3.05) is 13.6 Å². The molecule has 1 aliphatic rings. The molecule has 0 radical (unpaired) electrons. The Hall–Kier alpha value is -1.59. The predicted octanol–water partition coefficient (Wildman–Crippen LogP) is 3.51. The van der Waals surface area contributed by atoms with Gasteiger partial charge in [0.1, 0.15) is 0 Å². The molecule has 0 aromatic carbocycles. The van der Waals surface area contributed by atoms with E-state index in [1.165, 1.54) is 25.7 Å². The fraction of sp³-hybridized carbons (Fsp3) is 0.842. The van der Waals surface area contributed by atoms with Crippen LogP contribution in [0.15, 0.2) is 9.52 Å². The third kappa shape index (κ3) is 6.33. The molecule has 1 aromatic heterocycles. The van der Waals surface area contributed by atoms with Crippen molar-refractivity contribution in [3.05, 3.63) is 11.7 Å². The Morgan fingerprint density at radius 2 is 1.92 bits per heavy atom. The van der Waals surface area contributed by atoms with Crippen LogP contribution in [-0.4, -0.2) is 35.7 Å². The number of hydrogen-bond acceptors (Lipinski definition) is 4.